The molecule has 7 heteroatoms. The van der Waals surface area contributed by atoms with Crippen molar-refractivity contribution in [2.75, 3.05) is 20.3 Å². The van der Waals surface area contributed by atoms with Crippen LogP contribution in [0.25, 0.3) is 0 Å². The van der Waals surface area contributed by atoms with E-state index in [1.165, 1.54) is 0 Å². The van der Waals surface area contributed by atoms with Crippen LogP contribution in [0, 0.1) is 0 Å². The van der Waals surface area contributed by atoms with Crippen molar-refractivity contribution in [3.63, 3.8) is 0 Å². The Morgan fingerprint density at radius 1 is 1.40 bits per heavy atom. The molecule has 1 heterocycles. The summed E-state index contributed by atoms with van der Waals surface area (Å²) in [5, 5.41) is 8.51. The van der Waals surface area contributed by atoms with Crippen LogP contribution in [0.5, 0.6) is 0 Å². The zero-order valence-electron chi connectivity index (χ0n) is 8.23. The van der Waals surface area contributed by atoms with Gasteiger partial charge >= 0.3 is 12.3 Å². The fourth-order valence-electron chi connectivity index (χ4n) is 1.28. The number of methoxy groups -OCH3 is 1. The van der Waals surface area contributed by atoms with Crippen molar-refractivity contribution in [1.82, 2.24) is 0 Å². The first-order valence-corrected chi connectivity index (χ1v) is 4.35. The van der Waals surface area contributed by atoms with Crippen LogP contribution in [-0.2, 0) is 18.9 Å². The summed E-state index contributed by atoms with van der Waals surface area (Å²) in [6.45, 7) is 0.365. The van der Waals surface area contributed by atoms with E-state index in [2.05, 4.69) is 9.47 Å². The van der Waals surface area contributed by atoms with Crippen molar-refractivity contribution in [2.45, 2.75) is 18.6 Å². The second kappa shape index (κ2) is 4.83. The minimum atomic E-state index is -1.57. The summed E-state index contributed by atoms with van der Waals surface area (Å²) in [5.41, 5.74) is 0. The molecule has 1 aliphatic rings. The van der Waals surface area contributed by atoms with Gasteiger partial charge in [0.1, 0.15) is 6.61 Å². The second-order valence-corrected chi connectivity index (χ2v) is 2.99. The van der Waals surface area contributed by atoms with Crippen LogP contribution >= 0.6 is 0 Å². The minimum Gasteiger partial charge on any atom is -0.450 e. The third-order valence-corrected chi connectivity index (χ3v) is 1.88. The van der Waals surface area contributed by atoms with Gasteiger partial charge in [-0.05, 0) is 6.42 Å². The van der Waals surface area contributed by atoms with Gasteiger partial charge in [-0.25, -0.2) is 9.59 Å². The van der Waals surface area contributed by atoms with Crippen molar-refractivity contribution in [3.8, 4) is 0 Å². The molecule has 0 amide bonds. The van der Waals surface area contributed by atoms with Crippen LogP contribution < -0.4 is 0 Å². The van der Waals surface area contributed by atoms with Gasteiger partial charge in [-0.15, -0.1) is 0 Å². The number of ether oxygens (including phenoxy) is 4. The molecule has 86 valence electrons. The lowest BCUT2D eigenvalue weighted by atomic mass is 10.1. The van der Waals surface area contributed by atoms with Gasteiger partial charge in [-0.1, -0.05) is 0 Å². The normalized spacial score (nSPS) is 25.4. The molecule has 1 fully saturated rings. The standard InChI is InChI=1S/C8H12O7/c1-12-7(11)15-8(14-6(9)10)3-2-4-13-5-8/h2-5H2,1H3,(H,9,10). The van der Waals surface area contributed by atoms with Gasteiger partial charge in [0, 0.05) is 13.0 Å². The molecule has 15 heavy (non-hydrogen) atoms. The summed E-state index contributed by atoms with van der Waals surface area (Å²) >= 11 is 0. The lowest BCUT2D eigenvalue weighted by Crippen LogP contribution is -2.46. The van der Waals surface area contributed by atoms with E-state index in [-0.39, 0.29) is 13.0 Å². The minimum absolute atomic E-state index is 0.117. The van der Waals surface area contributed by atoms with Crippen LogP contribution in [0.1, 0.15) is 12.8 Å². The maximum atomic E-state index is 10.9. The Morgan fingerprint density at radius 3 is 2.60 bits per heavy atom. The zero-order valence-corrected chi connectivity index (χ0v) is 8.23. The van der Waals surface area contributed by atoms with Crippen molar-refractivity contribution >= 4 is 12.3 Å². The van der Waals surface area contributed by atoms with Crippen LogP contribution in [0.15, 0.2) is 0 Å². The lowest BCUT2D eigenvalue weighted by molar-refractivity contribution is -0.233. The van der Waals surface area contributed by atoms with Crippen LogP contribution in [-0.4, -0.2) is 43.5 Å². The molecule has 7 nitrogen and oxygen atoms in total. The molecule has 0 saturated carbocycles. The topological polar surface area (TPSA) is 91.3 Å². The Bertz CT molecular complexity index is 243. The molecule has 0 aliphatic carbocycles. The number of carboxylic acid groups (broad SMARTS) is 1. The van der Waals surface area contributed by atoms with Gasteiger partial charge in [0.2, 0.25) is 0 Å². The SMILES string of the molecule is COC(=O)OC1(OC(=O)O)CCCOC1. The molecule has 0 aromatic rings. The van der Waals surface area contributed by atoms with Gasteiger partial charge in [0.15, 0.2) is 0 Å². The fraction of sp³-hybridized carbons (Fsp3) is 0.750. The first kappa shape index (κ1) is 11.6. The molecular weight excluding hydrogens is 208 g/mol. The lowest BCUT2D eigenvalue weighted by Gasteiger charge is -2.33. The van der Waals surface area contributed by atoms with Crippen molar-refractivity contribution in [3.05, 3.63) is 0 Å². The monoisotopic (exact) mass is 220 g/mol. The van der Waals surface area contributed by atoms with Crippen molar-refractivity contribution < 1.29 is 33.6 Å². The van der Waals surface area contributed by atoms with Gasteiger partial charge in [0.25, 0.3) is 5.79 Å². The first-order valence-electron chi connectivity index (χ1n) is 4.35. The molecule has 1 saturated heterocycles. The highest BCUT2D eigenvalue weighted by atomic mass is 16.8. The summed E-state index contributed by atoms with van der Waals surface area (Å²) in [7, 11) is 1.13. The molecule has 1 atom stereocenters. The van der Waals surface area contributed by atoms with Gasteiger partial charge in [-0.3, -0.25) is 0 Å². The predicted molar refractivity (Wildman–Crippen MR) is 45.4 cm³/mol. The largest absolute Gasteiger partial charge is 0.511 e. The Hall–Kier alpha value is -1.50. The molecule has 1 N–H and O–H groups in total. The Labute approximate surface area is 85.9 Å². The highest BCUT2D eigenvalue weighted by Gasteiger charge is 2.41. The molecule has 0 aromatic carbocycles. The number of carbonyl (C=O) groups is 2. The Balaban J connectivity index is 2.65. The molecule has 0 aromatic heterocycles. The Morgan fingerprint density at radius 2 is 2.13 bits per heavy atom. The number of hydrogen-bond donors (Lipinski definition) is 1. The van der Waals surface area contributed by atoms with E-state index in [9.17, 15) is 9.59 Å². The summed E-state index contributed by atoms with van der Waals surface area (Å²) < 4.78 is 18.6. The van der Waals surface area contributed by atoms with E-state index in [1.807, 2.05) is 0 Å². The highest BCUT2D eigenvalue weighted by molar-refractivity contribution is 5.61. The van der Waals surface area contributed by atoms with E-state index in [0.29, 0.717) is 13.0 Å². The Kier molecular flexibility index (Phi) is 3.73. The third-order valence-electron chi connectivity index (χ3n) is 1.88. The maximum absolute atomic E-state index is 10.9. The quantitative estimate of drug-likeness (QED) is 0.547. The molecule has 1 aliphatic heterocycles. The zero-order chi connectivity index (χ0) is 11.3. The fourth-order valence-corrected chi connectivity index (χ4v) is 1.28. The van der Waals surface area contributed by atoms with E-state index in [1.54, 1.807) is 0 Å². The number of hydrogen-bond acceptors (Lipinski definition) is 6. The molecule has 0 radical (unpaired) electrons. The van der Waals surface area contributed by atoms with E-state index in [4.69, 9.17) is 14.6 Å². The van der Waals surface area contributed by atoms with E-state index < -0.39 is 18.1 Å². The molecule has 1 unspecified atom stereocenters. The average Bonchev–Trinajstić information content (AvgIpc) is 2.17. The number of rotatable bonds is 2. The summed E-state index contributed by atoms with van der Waals surface area (Å²) in [6.07, 6.45) is -1.72. The van der Waals surface area contributed by atoms with Crippen molar-refractivity contribution in [2.24, 2.45) is 0 Å². The average molecular weight is 220 g/mol. The highest BCUT2D eigenvalue weighted by Crippen LogP contribution is 2.25. The van der Waals surface area contributed by atoms with Crippen LogP contribution in [0.4, 0.5) is 9.59 Å². The first-order chi connectivity index (χ1) is 7.08. The van der Waals surface area contributed by atoms with Crippen LogP contribution in [0.3, 0.4) is 0 Å². The summed E-state index contributed by atoms with van der Waals surface area (Å²) in [6, 6.07) is 0. The van der Waals surface area contributed by atoms with Crippen LogP contribution in [0.2, 0.25) is 0 Å². The van der Waals surface area contributed by atoms with Gasteiger partial charge in [0.05, 0.1) is 7.11 Å². The maximum Gasteiger partial charge on any atom is 0.511 e. The molecular formula is C8H12O7. The molecule has 0 spiro atoms. The third kappa shape index (κ3) is 3.28. The van der Waals surface area contributed by atoms with Gasteiger partial charge in [-0.2, -0.15) is 0 Å². The molecule has 1 rings (SSSR count). The molecule has 0 bridgehead atoms. The van der Waals surface area contributed by atoms with Gasteiger partial charge < -0.3 is 24.1 Å². The predicted octanol–water partition coefficient (Wildman–Crippen LogP) is 0.971. The summed E-state index contributed by atoms with van der Waals surface area (Å²) in [4.78, 5) is 21.3. The second-order valence-electron chi connectivity index (χ2n) is 2.99. The summed E-state index contributed by atoms with van der Waals surface area (Å²) in [5.74, 6) is -1.57. The van der Waals surface area contributed by atoms with E-state index in [0.717, 1.165) is 7.11 Å². The van der Waals surface area contributed by atoms with Crippen molar-refractivity contribution in [1.29, 1.82) is 0 Å². The van der Waals surface area contributed by atoms with E-state index >= 15 is 0 Å². The smallest absolute Gasteiger partial charge is 0.450 e. The number of carbonyl (C=O) groups excluding carboxylic acids is 1.